The molecular weight excluding hydrogens is 488 g/mol. The Morgan fingerprint density at radius 2 is 1.88 bits per heavy atom. The first kappa shape index (κ1) is 25.4. The molecule has 2 saturated carbocycles. The Morgan fingerprint density at radius 1 is 1.15 bits per heavy atom. The molecule has 0 bridgehead atoms. The molecule has 10 heteroatoms. The minimum absolute atomic E-state index is 0.165. The van der Waals surface area contributed by atoms with E-state index < -0.39 is 14.3 Å². The van der Waals surface area contributed by atoms with Crippen molar-refractivity contribution in [2.24, 2.45) is 17.3 Å². The molecule has 0 saturated heterocycles. The number of rotatable bonds is 7. The molecule has 0 aromatic heterocycles. The summed E-state index contributed by atoms with van der Waals surface area (Å²) in [5.41, 5.74) is 2.38. The lowest BCUT2D eigenvalue weighted by Gasteiger charge is -2.50. The smallest absolute Gasteiger partial charge is 0.410 e. The fourth-order valence-electron chi connectivity index (χ4n) is 6.58. The minimum atomic E-state index is -4.25. The van der Waals surface area contributed by atoms with E-state index in [1.54, 1.807) is 0 Å². The Hall–Kier alpha value is -0.660. The Morgan fingerprint density at radius 3 is 2.55 bits per heavy atom. The number of carbonyl (C=O) groups excluding carboxylic acids is 1. The van der Waals surface area contributed by atoms with Crippen LogP contribution in [0.1, 0.15) is 56.1 Å². The Kier molecular flexibility index (Phi) is 7.81. The molecule has 1 aromatic rings. The first-order chi connectivity index (χ1) is 15.7. The van der Waals surface area contributed by atoms with E-state index in [1.165, 1.54) is 16.0 Å². The highest BCUT2D eigenvalue weighted by molar-refractivity contribution is 7.53. The van der Waals surface area contributed by atoms with Crippen LogP contribution in [-0.2, 0) is 10.9 Å². The molecule has 184 valence electrons. The second-order valence-electron chi connectivity index (χ2n) is 9.74. The van der Waals surface area contributed by atoms with Crippen molar-refractivity contribution < 1.29 is 28.7 Å². The summed E-state index contributed by atoms with van der Waals surface area (Å²) in [6.07, 6.45) is 4.76. The number of aryl methyl sites for hydroxylation is 1. The van der Waals surface area contributed by atoms with Crippen molar-refractivity contribution in [1.29, 1.82) is 0 Å². The molecule has 2 fully saturated rings. The quantitative estimate of drug-likeness (QED) is 0.350. The number of halogens is 2. The van der Waals surface area contributed by atoms with E-state index in [0.717, 1.165) is 38.5 Å². The Labute approximate surface area is 205 Å². The highest BCUT2D eigenvalue weighted by Crippen LogP contribution is 2.64. The summed E-state index contributed by atoms with van der Waals surface area (Å²) in [6.45, 7) is 2.95. The van der Waals surface area contributed by atoms with Crippen molar-refractivity contribution in [3.63, 3.8) is 0 Å². The molecule has 5 atom stereocenters. The van der Waals surface area contributed by atoms with Crippen molar-refractivity contribution in [1.82, 2.24) is 4.90 Å². The van der Waals surface area contributed by atoms with Gasteiger partial charge in [-0.05, 0) is 79.5 Å². The van der Waals surface area contributed by atoms with E-state index in [1.807, 2.05) is 12.1 Å². The molecule has 4 rings (SSSR count). The predicted octanol–water partition coefficient (Wildman–Crippen LogP) is 4.86. The third-order valence-corrected chi connectivity index (χ3v) is 8.93. The molecule has 1 amide bonds. The van der Waals surface area contributed by atoms with Crippen LogP contribution in [0.4, 0.5) is 4.79 Å². The summed E-state index contributed by atoms with van der Waals surface area (Å²) < 4.78 is 11.0. The van der Waals surface area contributed by atoms with Gasteiger partial charge in [0.25, 0.3) is 0 Å². The second-order valence-corrected chi connectivity index (χ2v) is 11.7. The molecule has 3 unspecified atom stereocenters. The number of hydrogen-bond donors (Lipinski definition) is 3. The highest BCUT2D eigenvalue weighted by Gasteiger charge is 2.58. The van der Waals surface area contributed by atoms with E-state index in [2.05, 4.69) is 13.0 Å². The molecular formula is C23H33Cl2NO6P+. The summed E-state index contributed by atoms with van der Waals surface area (Å²) >= 11 is 11.6. The summed E-state index contributed by atoms with van der Waals surface area (Å²) in [5, 5.41) is 0. The van der Waals surface area contributed by atoms with Gasteiger partial charge < -0.3 is 9.64 Å². The first-order valence-corrected chi connectivity index (χ1v) is 14.3. The normalized spacial score (nSPS) is 30.8. The summed E-state index contributed by atoms with van der Waals surface area (Å²) in [4.78, 5) is 42.4. The molecule has 1 aromatic carbocycles. The third-order valence-electron chi connectivity index (χ3n) is 8.05. The lowest BCUT2D eigenvalue weighted by Crippen LogP contribution is -2.44. The predicted molar refractivity (Wildman–Crippen MR) is 129 cm³/mol. The monoisotopic (exact) mass is 520 g/mol. The molecule has 0 aliphatic heterocycles. The van der Waals surface area contributed by atoms with Crippen LogP contribution >= 0.6 is 31.4 Å². The Balaban J connectivity index is 1.48. The van der Waals surface area contributed by atoms with Gasteiger partial charge in [-0.25, -0.2) is 4.79 Å². The number of hydrogen-bond acceptors (Lipinski definition) is 6. The van der Waals surface area contributed by atoms with Gasteiger partial charge in [-0.2, -0.15) is 14.7 Å². The van der Waals surface area contributed by atoms with Crippen LogP contribution in [0.25, 0.3) is 0 Å². The van der Waals surface area contributed by atoms with Gasteiger partial charge in [0.05, 0.1) is 0 Å². The van der Waals surface area contributed by atoms with E-state index in [0.29, 0.717) is 48.4 Å². The maximum Gasteiger partial charge on any atom is 0.567 e. The summed E-state index contributed by atoms with van der Waals surface area (Å²) in [7, 11) is -4.25. The molecule has 0 heterocycles. The van der Waals surface area contributed by atoms with Crippen molar-refractivity contribution >= 4 is 37.5 Å². The van der Waals surface area contributed by atoms with Gasteiger partial charge >= 0.3 is 14.3 Å². The van der Waals surface area contributed by atoms with Gasteiger partial charge in [-0.15, -0.1) is 27.7 Å². The zero-order valence-electron chi connectivity index (χ0n) is 18.8. The molecule has 33 heavy (non-hydrogen) atoms. The van der Waals surface area contributed by atoms with Gasteiger partial charge in [0.1, 0.15) is 11.9 Å². The molecule has 3 aliphatic carbocycles. The van der Waals surface area contributed by atoms with Crippen molar-refractivity contribution in [3.05, 3.63) is 29.3 Å². The molecule has 3 aliphatic rings. The topological polar surface area (TPSA) is 99.5 Å². The summed E-state index contributed by atoms with van der Waals surface area (Å²) in [6, 6.07) is 5.95. The average Bonchev–Trinajstić information content (AvgIpc) is 3.08. The standard InChI is InChI=1S/C23H33Cl2NO6P/c1-23-9-8-18-17-5-3-16(31-22(27)26(12-10-24)13-11-25)14-15(17)2-4-19(18)20(23)6-7-21(23)32-33(28,29)30/h3,5,14,18-21,28-30H,2,4,6-13H2,1H3/q+1/t18?,19?,20?,21-,23-/m0/s1. The number of benzene rings is 1. The zero-order valence-corrected chi connectivity index (χ0v) is 21.2. The van der Waals surface area contributed by atoms with Gasteiger partial charge in [0, 0.05) is 30.3 Å². The fraction of sp³-hybridized carbons (Fsp3) is 0.696. The Bertz CT molecular complexity index is 862. The van der Waals surface area contributed by atoms with Gasteiger partial charge in [-0.1, -0.05) is 13.0 Å². The largest absolute Gasteiger partial charge is 0.567 e. The van der Waals surface area contributed by atoms with Crippen LogP contribution in [0, 0.1) is 17.3 Å². The number of nitrogens with zero attached hydrogens (tertiary/aromatic N) is 1. The fourth-order valence-corrected chi connectivity index (χ4v) is 7.68. The van der Waals surface area contributed by atoms with E-state index in [4.69, 9.17) is 32.5 Å². The third kappa shape index (κ3) is 5.30. The van der Waals surface area contributed by atoms with Crippen LogP contribution in [0.2, 0.25) is 0 Å². The number of carbonyl (C=O) groups is 1. The molecule has 0 radical (unpaired) electrons. The second kappa shape index (κ2) is 10.1. The van der Waals surface area contributed by atoms with Crippen LogP contribution in [-0.4, -0.2) is 56.6 Å². The number of fused-ring (bicyclic) bond motifs is 5. The maximum absolute atomic E-state index is 12.5. The number of alkyl halides is 2. The van der Waals surface area contributed by atoms with E-state index in [-0.39, 0.29) is 11.5 Å². The van der Waals surface area contributed by atoms with Gasteiger partial charge in [0.2, 0.25) is 0 Å². The van der Waals surface area contributed by atoms with Crippen molar-refractivity contribution in [2.75, 3.05) is 24.8 Å². The lowest BCUT2D eigenvalue weighted by atomic mass is 9.55. The highest BCUT2D eigenvalue weighted by atomic mass is 35.5. The minimum Gasteiger partial charge on any atom is -0.410 e. The van der Waals surface area contributed by atoms with Gasteiger partial charge in [0.15, 0.2) is 0 Å². The van der Waals surface area contributed by atoms with E-state index >= 15 is 0 Å². The van der Waals surface area contributed by atoms with Gasteiger partial charge in [-0.3, -0.25) is 0 Å². The van der Waals surface area contributed by atoms with E-state index in [9.17, 15) is 19.5 Å². The molecule has 0 spiro atoms. The average molecular weight is 521 g/mol. The van der Waals surface area contributed by atoms with Crippen LogP contribution in [0.3, 0.4) is 0 Å². The maximum atomic E-state index is 12.5. The molecule has 7 nitrogen and oxygen atoms in total. The summed E-state index contributed by atoms with van der Waals surface area (Å²) in [5.74, 6) is 2.51. The number of amides is 1. The van der Waals surface area contributed by atoms with Crippen LogP contribution < -0.4 is 4.74 Å². The number of ether oxygens (including phenoxy) is 1. The van der Waals surface area contributed by atoms with Crippen molar-refractivity contribution in [2.45, 2.75) is 57.5 Å². The lowest BCUT2D eigenvalue weighted by molar-refractivity contribution is -0.0284. The van der Waals surface area contributed by atoms with Crippen LogP contribution in [0.15, 0.2) is 18.2 Å². The zero-order chi connectivity index (χ0) is 23.8. The molecule has 3 N–H and O–H groups in total. The van der Waals surface area contributed by atoms with Crippen LogP contribution in [0.5, 0.6) is 5.75 Å². The van der Waals surface area contributed by atoms with Crippen molar-refractivity contribution in [3.8, 4) is 5.75 Å². The SMILES string of the molecule is C[C@]12CCC3c4ccc(OC(=O)N(CCCl)CCCl)cc4CCC3C1CC[C@@H]2O[P+](O)(O)O. The first-order valence-electron chi connectivity index (χ1n) is 11.6.